The minimum absolute atomic E-state index is 0.0380. The lowest BCUT2D eigenvalue weighted by Crippen LogP contribution is -2.32. The van der Waals surface area contributed by atoms with Crippen molar-refractivity contribution in [1.82, 2.24) is 9.97 Å². The van der Waals surface area contributed by atoms with Crippen LogP contribution in [0.15, 0.2) is 48.8 Å². The molecule has 2 aromatic carbocycles. The van der Waals surface area contributed by atoms with E-state index < -0.39 is 41.3 Å². The molecule has 0 aliphatic heterocycles. The Labute approximate surface area is 276 Å². The van der Waals surface area contributed by atoms with Crippen molar-refractivity contribution in [2.24, 2.45) is 11.8 Å². The molecule has 5 nitrogen and oxygen atoms in total. The minimum atomic E-state index is -5.09. The summed E-state index contributed by atoms with van der Waals surface area (Å²) in [5.74, 6) is 1.62. The molecule has 3 aromatic rings. The van der Waals surface area contributed by atoms with Crippen molar-refractivity contribution in [3.05, 3.63) is 76.6 Å². The number of hydrogen-bond acceptors (Lipinski definition) is 6. The standard InChI is InChI=1S/C33H35F9N4OS/c1-20(23-11-26(32(37,38)39)14-27(12-23)33(40,41)42)46(30-43-15-28(16-44-30)47-9-10-48-2)19-24-13-25(31(34,35)36)7-8-29(24)45(17-21-3-4-21)18-22-5-6-22/h7-8,11-16,20-22H,3-6,9-10,17-19H2,1-2H3. The van der Waals surface area contributed by atoms with Crippen LogP contribution in [-0.2, 0) is 25.1 Å². The predicted molar refractivity (Wildman–Crippen MR) is 166 cm³/mol. The summed E-state index contributed by atoms with van der Waals surface area (Å²) >= 11 is 1.54. The van der Waals surface area contributed by atoms with Gasteiger partial charge in [0.1, 0.15) is 0 Å². The molecule has 2 aliphatic carbocycles. The first-order valence-electron chi connectivity index (χ1n) is 15.5. The van der Waals surface area contributed by atoms with Gasteiger partial charge in [-0.2, -0.15) is 51.3 Å². The van der Waals surface area contributed by atoms with Crippen LogP contribution >= 0.6 is 11.8 Å². The molecule has 1 heterocycles. The molecule has 2 saturated carbocycles. The summed E-state index contributed by atoms with van der Waals surface area (Å²) in [5, 5.41) is 0. The maximum Gasteiger partial charge on any atom is 0.416 e. The first kappa shape index (κ1) is 35.9. The van der Waals surface area contributed by atoms with E-state index in [0.29, 0.717) is 55.1 Å². The van der Waals surface area contributed by atoms with E-state index >= 15 is 0 Å². The number of benzene rings is 2. The third-order valence-corrected chi connectivity index (χ3v) is 9.00. The van der Waals surface area contributed by atoms with E-state index in [2.05, 4.69) is 14.9 Å². The van der Waals surface area contributed by atoms with E-state index in [9.17, 15) is 39.5 Å². The van der Waals surface area contributed by atoms with Gasteiger partial charge in [-0.1, -0.05) is 0 Å². The zero-order valence-corrected chi connectivity index (χ0v) is 27.0. The molecule has 0 saturated heterocycles. The van der Waals surface area contributed by atoms with Crippen LogP contribution < -0.4 is 14.5 Å². The van der Waals surface area contributed by atoms with Crippen molar-refractivity contribution in [3.8, 4) is 5.75 Å². The molecule has 1 aromatic heterocycles. The first-order chi connectivity index (χ1) is 22.5. The van der Waals surface area contributed by atoms with Gasteiger partial charge in [0, 0.05) is 31.1 Å². The van der Waals surface area contributed by atoms with Crippen molar-refractivity contribution < 1.29 is 44.3 Å². The topological polar surface area (TPSA) is 41.5 Å². The van der Waals surface area contributed by atoms with Crippen molar-refractivity contribution in [1.29, 1.82) is 0 Å². The number of anilines is 2. The first-order valence-corrected chi connectivity index (χ1v) is 16.9. The highest BCUT2D eigenvalue weighted by atomic mass is 32.2. The molecule has 0 spiro atoms. The fourth-order valence-electron chi connectivity index (χ4n) is 5.43. The van der Waals surface area contributed by atoms with Gasteiger partial charge in [-0.25, -0.2) is 9.97 Å². The second-order valence-electron chi connectivity index (χ2n) is 12.3. The monoisotopic (exact) mass is 706 g/mol. The van der Waals surface area contributed by atoms with E-state index in [1.165, 1.54) is 30.3 Å². The summed E-state index contributed by atoms with van der Waals surface area (Å²) < 4.78 is 131. The minimum Gasteiger partial charge on any atom is -0.489 e. The van der Waals surface area contributed by atoms with Crippen molar-refractivity contribution in [3.63, 3.8) is 0 Å². The molecule has 48 heavy (non-hydrogen) atoms. The maximum absolute atomic E-state index is 14.0. The predicted octanol–water partition coefficient (Wildman–Crippen LogP) is 9.67. The van der Waals surface area contributed by atoms with Gasteiger partial charge in [-0.15, -0.1) is 0 Å². The normalized spacial score (nSPS) is 16.1. The van der Waals surface area contributed by atoms with Gasteiger partial charge in [-0.05, 0) is 98.2 Å². The van der Waals surface area contributed by atoms with Gasteiger partial charge in [0.15, 0.2) is 5.75 Å². The number of aromatic nitrogens is 2. The fourth-order valence-corrected chi connectivity index (χ4v) is 5.68. The highest BCUT2D eigenvalue weighted by molar-refractivity contribution is 7.98. The molecular formula is C33H35F9N4OS. The van der Waals surface area contributed by atoms with Crippen LogP contribution in [0.25, 0.3) is 0 Å². The number of ether oxygens (including phenoxy) is 1. The van der Waals surface area contributed by atoms with Crippen LogP contribution in [0.3, 0.4) is 0 Å². The summed E-state index contributed by atoms with van der Waals surface area (Å²) in [6.45, 7) is 2.63. The van der Waals surface area contributed by atoms with Crippen LogP contribution in [0.5, 0.6) is 5.75 Å². The number of thioether (sulfide) groups is 1. The van der Waals surface area contributed by atoms with E-state index in [1.807, 2.05) is 6.26 Å². The summed E-state index contributed by atoms with van der Waals surface area (Å²) in [4.78, 5) is 12.0. The molecule has 2 fully saturated rings. The zero-order chi connectivity index (χ0) is 34.9. The summed E-state index contributed by atoms with van der Waals surface area (Å²) in [6, 6.07) is 3.43. The van der Waals surface area contributed by atoms with Gasteiger partial charge < -0.3 is 14.5 Å². The Hall–Kier alpha value is -3.36. The summed E-state index contributed by atoms with van der Waals surface area (Å²) in [5.41, 5.74) is -3.57. The van der Waals surface area contributed by atoms with E-state index in [-0.39, 0.29) is 35.4 Å². The number of rotatable bonds is 14. The Morgan fingerprint density at radius 2 is 1.33 bits per heavy atom. The Bertz CT molecular complexity index is 1490. The smallest absolute Gasteiger partial charge is 0.416 e. The Kier molecular flexibility index (Phi) is 10.7. The molecule has 0 N–H and O–H groups in total. The van der Waals surface area contributed by atoms with Crippen LogP contribution in [-0.4, -0.2) is 41.7 Å². The van der Waals surface area contributed by atoms with Gasteiger partial charge >= 0.3 is 18.5 Å². The molecular weight excluding hydrogens is 671 g/mol. The Morgan fingerprint density at radius 3 is 1.81 bits per heavy atom. The van der Waals surface area contributed by atoms with Crippen molar-refractivity contribution in [2.45, 2.75) is 63.7 Å². The second kappa shape index (κ2) is 14.2. The lowest BCUT2D eigenvalue weighted by atomic mass is 9.98. The number of halogens is 9. The Balaban J connectivity index is 1.61. The van der Waals surface area contributed by atoms with Gasteiger partial charge in [0.05, 0.1) is 41.7 Å². The zero-order valence-electron chi connectivity index (χ0n) is 26.2. The molecule has 0 amide bonds. The van der Waals surface area contributed by atoms with Crippen LogP contribution in [0.2, 0.25) is 0 Å². The van der Waals surface area contributed by atoms with Gasteiger partial charge in [0.25, 0.3) is 0 Å². The quantitative estimate of drug-likeness (QED) is 0.123. The molecule has 262 valence electrons. The van der Waals surface area contributed by atoms with Crippen LogP contribution in [0, 0.1) is 11.8 Å². The Morgan fingerprint density at radius 1 is 0.792 bits per heavy atom. The largest absolute Gasteiger partial charge is 0.489 e. The number of alkyl halides is 9. The van der Waals surface area contributed by atoms with Gasteiger partial charge in [0.2, 0.25) is 5.95 Å². The van der Waals surface area contributed by atoms with E-state index in [0.717, 1.165) is 37.8 Å². The molecule has 5 rings (SSSR count). The lowest BCUT2D eigenvalue weighted by Gasteiger charge is -2.34. The number of hydrogen-bond donors (Lipinski definition) is 0. The molecule has 2 aliphatic rings. The molecule has 1 atom stereocenters. The molecule has 0 bridgehead atoms. The third-order valence-electron chi connectivity index (χ3n) is 8.43. The van der Waals surface area contributed by atoms with Crippen LogP contribution in [0.1, 0.15) is 66.5 Å². The fraction of sp³-hybridized carbons (Fsp3) is 0.515. The third kappa shape index (κ3) is 9.41. The highest BCUT2D eigenvalue weighted by Crippen LogP contribution is 2.42. The van der Waals surface area contributed by atoms with Crippen molar-refractivity contribution in [2.75, 3.05) is 41.5 Å². The van der Waals surface area contributed by atoms with Crippen molar-refractivity contribution >= 4 is 23.4 Å². The lowest BCUT2D eigenvalue weighted by molar-refractivity contribution is -0.143. The van der Waals surface area contributed by atoms with Crippen LogP contribution in [0.4, 0.5) is 51.1 Å². The second-order valence-corrected chi connectivity index (χ2v) is 13.3. The van der Waals surface area contributed by atoms with E-state index in [4.69, 9.17) is 4.74 Å². The summed E-state index contributed by atoms with van der Waals surface area (Å²) in [6.07, 6.45) is -6.37. The number of nitrogens with zero attached hydrogens (tertiary/aromatic N) is 4. The SMILES string of the molecule is CSCCOc1cnc(N(Cc2cc(C(F)(F)F)ccc2N(CC2CC2)CC2CC2)C(C)c2cc(C(F)(F)F)cc(C(F)(F)F)c2)nc1. The maximum atomic E-state index is 14.0. The molecule has 15 heteroatoms. The van der Waals surface area contributed by atoms with E-state index in [1.54, 1.807) is 11.8 Å². The highest BCUT2D eigenvalue weighted by Gasteiger charge is 2.39. The average molecular weight is 707 g/mol. The van der Waals surface area contributed by atoms with Gasteiger partial charge in [-0.3, -0.25) is 0 Å². The average Bonchev–Trinajstić information content (AvgIpc) is 3.96. The summed E-state index contributed by atoms with van der Waals surface area (Å²) in [7, 11) is 0. The molecule has 1 unspecified atom stereocenters. The molecule has 0 radical (unpaired) electrons.